The van der Waals surface area contributed by atoms with Crippen LogP contribution in [-0.4, -0.2) is 31.9 Å². The number of nitrogens with one attached hydrogen (secondary N) is 1. The monoisotopic (exact) mass is 319 g/mol. The lowest BCUT2D eigenvalue weighted by molar-refractivity contribution is -0.175. The van der Waals surface area contributed by atoms with Crippen LogP contribution in [0.5, 0.6) is 5.75 Å². The molecule has 22 heavy (non-hydrogen) atoms. The molecule has 0 saturated carbocycles. The minimum absolute atomic E-state index is 0.208. The van der Waals surface area contributed by atoms with E-state index in [0.29, 0.717) is 12.4 Å². The summed E-state index contributed by atoms with van der Waals surface area (Å²) in [6.07, 6.45) is -2.43. The molecule has 0 saturated heterocycles. The van der Waals surface area contributed by atoms with Gasteiger partial charge in [0.05, 0.1) is 6.61 Å². The number of hydrogen-bond acceptors (Lipinski definition) is 3. The summed E-state index contributed by atoms with van der Waals surface area (Å²) in [5, 5.41) is 2.49. The minimum atomic E-state index is -4.43. The summed E-state index contributed by atoms with van der Waals surface area (Å²) in [5.41, 5.74) is 0.804. The van der Waals surface area contributed by atoms with Crippen molar-refractivity contribution in [2.75, 3.05) is 19.8 Å². The molecule has 0 bridgehead atoms. The number of unbranched alkanes of at least 4 members (excludes halogenated alkanes) is 1. The predicted molar refractivity (Wildman–Crippen MR) is 75.6 cm³/mol. The summed E-state index contributed by atoms with van der Waals surface area (Å²) in [6.45, 7) is 0.848. The number of carbonyl (C=O) groups excluding carboxylic acids is 1. The molecule has 1 aromatic carbocycles. The fourth-order valence-electron chi connectivity index (χ4n) is 1.59. The smallest absolute Gasteiger partial charge is 0.411 e. The Balaban J connectivity index is 2.31. The summed E-state index contributed by atoms with van der Waals surface area (Å²) >= 11 is 0. The second-order valence-electron chi connectivity index (χ2n) is 4.73. The van der Waals surface area contributed by atoms with Crippen molar-refractivity contribution in [1.82, 2.24) is 5.32 Å². The van der Waals surface area contributed by atoms with Gasteiger partial charge in [-0.2, -0.15) is 13.2 Å². The molecular weight excluding hydrogens is 299 g/mol. The molecule has 1 amide bonds. The highest BCUT2D eigenvalue weighted by Crippen LogP contribution is 2.15. The van der Waals surface area contributed by atoms with Gasteiger partial charge in [0.15, 0.2) is 0 Å². The van der Waals surface area contributed by atoms with Gasteiger partial charge in [0.25, 0.3) is 0 Å². The van der Waals surface area contributed by atoms with Crippen molar-refractivity contribution < 1.29 is 27.4 Å². The highest BCUT2D eigenvalue weighted by molar-refractivity contribution is 5.77. The van der Waals surface area contributed by atoms with Crippen LogP contribution in [0.25, 0.3) is 0 Å². The van der Waals surface area contributed by atoms with Crippen molar-refractivity contribution in [2.24, 2.45) is 0 Å². The van der Waals surface area contributed by atoms with Gasteiger partial charge in [0.2, 0.25) is 5.91 Å². The Morgan fingerprint density at radius 3 is 2.77 bits per heavy atom. The lowest BCUT2D eigenvalue weighted by Gasteiger charge is -2.10. The SMILES string of the molecule is CCCCOc1cccc(CNC(=O)COCC(F)(F)F)c1. The van der Waals surface area contributed by atoms with Gasteiger partial charge >= 0.3 is 6.18 Å². The number of amides is 1. The van der Waals surface area contributed by atoms with Crippen LogP contribution in [0.1, 0.15) is 25.3 Å². The third-order valence-electron chi connectivity index (χ3n) is 2.65. The zero-order valence-corrected chi connectivity index (χ0v) is 12.4. The van der Waals surface area contributed by atoms with E-state index < -0.39 is 25.3 Å². The van der Waals surface area contributed by atoms with Gasteiger partial charge in [-0.15, -0.1) is 0 Å². The zero-order valence-electron chi connectivity index (χ0n) is 12.4. The average molecular weight is 319 g/mol. The second-order valence-corrected chi connectivity index (χ2v) is 4.73. The molecule has 0 aliphatic heterocycles. The van der Waals surface area contributed by atoms with Crippen LogP contribution in [-0.2, 0) is 16.1 Å². The van der Waals surface area contributed by atoms with Crippen molar-refractivity contribution in [3.05, 3.63) is 29.8 Å². The van der Waals surface area contributed by atoms with E-state index in [1.165, 1.54) is 0 Å². The number of rotatable bonds is 9. The first-order chi connectivity index (χ1) is 10.4. The third-order valence-corrected chi connectivity index (χ3v) is 2.65. The molecule has 0 aliphatic rings. The maximum atomic E-state index is 11.9. The summed E-state index contributed by atoms with van der Waals surface area (Å²) in [7, 11) is 0. The molecule has 1 aromatic rings. The molecule has 0 atom stereocenters. The van der Waals surface area contributed by atoms with Crippen LogP contribution in [0.2, 0.25) is 0 Å². The summed E-state index contributed by atoms with van der Waals surface area (Å²) in [4.78, 5) is 11.4. The Kier molecular flexibility index (Phi) is 7.73. The topological polar surface area (TPSA) is 47.6 Å². The minimum Gasteiger partial charge on any atom is -0.494 e. The molecule has 4 nitrogen and oxygen atoms in total. The van der Waals surface area contributed by atoms with E-state index in [1.807, 2.05) is 6.07 Å². The van der Waals surface area contributed by atoms with Gasteiger partial charge < -0.3 is 14.8 Å². The van der Waals surface area contributed by atoms with Crippen LogP contribution in [0.15, 0.2) is 24.3 Å². The standard InChI is InChI=1S/C15H20F3NO3/c1-2-3-7-22-13-6-4-5-12(8-13)9-19-14(20)10-21-11-15(16,17)18/h4-6,8H,2-3,7,9-11H2,1H3,(H,19,20). The van der Waals surface area contributed by atoms with Gasteiger partial charge in [-0.25, -0.2) is 0 Å². The first kappa shape index (κ1) is 18.3. The highest BCUT2D eigenvalue weighted by Gasteiger charge is 2.27. The largest absolute Gasteiger partial charge is 0.494 e. The number of ether oxygens (including phenoxy) is 2. The Bertz CT molecular complexity index is 464. The number of hydrogen-bond donors (Lipinski definition) is 1. The fraction of sp³-hybridized carbons (Fsp3) is 0.533. The van der Waals surface area contributed by atoms with Gasteiger partial charge in [0, 0.05) is 6.54 Å². The van der Waals surface area contributed by atoms with E-state index >= 15 is 0 Å². The molecule has 124 valence electrons. The van der Waals surface area contributed by atoms with Gasteiger partial charge in [-0.05, 0) is 24.1 Å². The zero-order chi connectivity index (χ0) is 16.4. The first-order valence-corrected chi connectivity index (χ1v) is 7.03. The van der Waals surface area contributed by atoms with Crippen molar-refractivity contribution in [1.29, 1.82) is 0 Å². The molecule has 0 heterocycles. The third kappa shape index (κ3) is 8.51. The van der Waals surface area contributed by atoms with Crippen LogP contribution in [0.3, 0.4) is 0 Å². The van der Waals surface area contributed by atoms with Crippen molar-refractivity contribution in [2.45, 2.75) is 32.5 Å². The average Bonchev–Trinajstić information content (AvgIpc) is 2.44. The van der Waals surface area contributed by atoms with Gasteiger partial charge in [-0.1, -0.05) is 25.5 Å². The van der Waals surface area contributed by atoms with E-state index in [-0.39, 0.29) is 6.54 Å². The molecule has 0 spiro atoms. The molecular formula is C15H20F3NO3. The number of carbonyl (C=O) groups is 1. The molecule has 0 fully saturated rings. The summed E-state index contributed by atoms with van der Waals surface area (Å²) in [5.74, 6) is 0.107. The maximum Gasteiger partial charge on any atom is 0.411 e. The van der Waals surface area contributed by atoms with Crippen molar-refractivity contribution in [3.8, 4) is 5.75 Å². The predicted octanol–water partition coefficient (Wildman–Crippen LogP) is 3.06. The van der Waals surface area contributed by atoms with Crippen molar-refractivity contribution in [3.63, 3.8) is 0 Å². The van der Waals surface area contributed by atoms with Crippen LogP contribution >= 0.6 is 0 Å². The second kappa shape index (κ2) is 9.30. The van der Waals surface area contributed by atoms with E-state index in [9.17, 15) is 18.0 Å². The maximum absolute atomic E-state index is 11.9. The van der Waals surface area contributed by atoms with Gasteiger partial charge in [0.1, 0.15) is 19.0 Å². The Morgan fingerprint density at radius 2 is 2.09 bits per heavy atom. The molecule has 0 unspecified atom stereocenters. The van der Waals surface area contributed by atoms with Crippen molar-refractivity contribution >= 4 is 5.91 Å². The molecule has 1 rings (SSSR count). The first-order valence-electron chi connectivity index (χ1n) is 7.03. The van der Waals surface area contributed by atoms with Gasteiger partial charge in [-0.3, -0.25) is 4.79 Å². The van der Waals surface area contributed by atoms with E-state index in [4.69, 9.17) is 4.74 Å². The number of benzene rings is 1. The lowest BCUT2D eigenvalue weighted by Crippen LogP contribution is -2.29. The van der Waals surface area contributed by atoms with Crippen LogP contribution in [0, 0.1) is 0 Å². The van der Waals surface area contributed by atoms with E-state index in [1.54, 1.807) is 18.2 Å². The Labute approximate surface area is 127 Å². The molecule has 1 N–H and O–H groups in total. The van der Waals surface area contributed by atoms with E-state index in [0.717, 1.165) is 18.4 Å². The summed E-state index contributed by atoms with van der Waals surface area (Å²) < 4.78 is 45.4. The molecule has 0 radical (unpaired) electrons. The lowest BCUT2D eigenvalue weighted by atomic mass is 10.2. The quantitative estimate of drug-likeness (QED) is 0.712. The van der Waals surface area contributed by atoms with Crippen LogP contribution < -0.4 is 10.1 Å². The summed E-state index contributed by atoms with van der Waals surface area (Å²) in [6, 6.07) is 7.19. The number of alkyl halides is 3. The Hall–Kier alpha value is -1.76. The molecule has 0 aliphatic carbocycles. The fourth-order valence-corrected chi connectivity index (χ4v) is 1.59. The molecule has 0 aromatic heterocycles. The molecule has 7 heteroatoms. The Morgan fingerprint density at radius 1 is 1.32 bits per heavy atom. The van der Waals surface area contributed by atoms with E-state index in [2.05, 4.69) is 17.0 Å². The number of halogens is 3. The van der Waals surface area contributed by atoms with Crippen LogP contribution in [0.4, 0.5) is 13.2 Å². The highest BCUT2D eigenvalue weighted by atomic mass is 19.4. The normalized spacial score (nSPS) is 11.3.